The molecule has 0 radical (unpaired) electrons. The average Bonchev–Trinajstić information content (AvgIpc) is 1.80. The molecule has 66 valence electrons. The quantitative estimate of drug-likeness (QED) is 0.404. The van der Waals surface area contributed by atoms with E-state index in [2.05, 4.69) is 5.32 Å². The molecule has 0 aromatic heterocycles. The summed E-state index contributed by atoms with van der Waals surface area (Å²) in [5.41, 5.74) is -0.623. The van der Waals surface area contributed by atoms with E-state index in [0.717, 1.165) is 0 Å². The van der Waals surface area contributed by atoms with Crippen molar-refractivity contribution in [3.63, 3.8) is 0 Å². The van der Waals surface area contributed by atoms with Crippen molar-refractivity contribution in [2.75, 3.05) is 0 Å². The van der Waals surface area contributed by atoms with Gasteiger partial charge in [0.1, 0.15) is 5.60 Å². The summed E-state index contributed by atoms with van der Waals surface area (Å²) < 4.78 is 5.08. The van der Waals surface area contributed by atoms with Crippen LogP contribution in [0.15, 0.2) is 0 Å². The first-order valence-corrected chi connectivity index (χ1v) is 4.03. The number of β-lactam (4-membered cyclic amide) rings is 1. The minimum absolute atomic E-state index is 0.00231. The molecule has 0 bridgehead atoms. The van der Waals surface area contributed by atoms with E-state index in [4.69, 9.17) is 4.74 Å². The monoisotopic (exact) mass is 169 g/mol. The van der Waals surface area contributed by atoms with Crippen molar-refractivity contribution in [1.29, 1.82) is 0 Å². The third-order valence-electron chi connectivity index (χ3n) is 2.52. The summed E-state index contributed by atoms with van der Waals surface area (Å²) >= 11 is 0. The van der Waals surface area contributed by atoms with Crippen molar-refractivity contribution < 1.29 is 14.3 Å². The zero-order valence-electron chi connectivity index (χ0n) is 7.09. The number of ether oxygens (including phenoxy) is 1. The van der Waals surface area contributed by atoms with Gasteiger partial charge in [0.2, 0.25) is 5.91 Å². The summed E-state index contributed by atoms with van der Waals surface area (Å²) in [6.45, 7) is 3.56. The normalized spacial score (nSPS) is 37.5. The summed E-state index contributed by atoms with van der Waals surface area (Å²) in [4.78, 5) is 22.1. The molecule has 0 spiro atoms. The van der Waals surface area contributed by atoms with Crippen molar-refractivity contribution in [2.45, 2.75) is 31.9 Å². The number of amides is 1. The van der Waals surface area contributed by atoms with E-state index in [1.54, 1.807) is 13.8 Å². The molecule has 0 saturated carbocycles. The molecule has 12 heavy (non-hydrogen) atoms. The third-order valence-corrected chi connectivity index (χ3v) is 2.52. The number of cyclic esters (lactones) is 1. The molecule has 1 N–H and O–H groups in total. The van der Waals surface area contributed by atoms with Gasteiger partial charge in [0, 0.05) is 0 Å². The van der Waals surface area contributed by atoms with E-state index in [1.807, 2.05) is 0 Å². The van der Waals surface area contributed by atoms with Crippen molar-refractivity contribution in [2.24, 2.45) is 5.92 Å². The molecule has 2 atom stereocenters. The number of fused-ring (bicyclic) bond motifs is 1. The Morgan fingerprint density at radius 2 is 2.17 bits per heavy atom. The van der Waals surface area contributed by atoms with Gasteiger partial charge >= 0.3 is 5.97 Å². The highest BCUT2D eigenvalue weighted by Gasteiger charge is 2.55. The number of esters is 1. The molecule has 0 aliphatic carbocycles. The second-order valence-electron chi connectivity index (χ2n) is 3.87. The molecule has 0 aromatic rings. The lowest BCUT2D eigenvalue weighted by atomic mass is 9.74. The highest BCUT2D eigenvalue weighted by atomic mass is 16.6. The van der Waals surface area contributed by atoms with E-state index >= 15 is 0 Å². The lowest BCUT2D eigenvalue weighted by Crippen LogP contribution is -2.69. The Hall–Kier alpha value is -1.06. The van der Waals surface area contributed by atoms with Crippen LogP contribution in [0.3, 0.4) is 0 Å². The van der Waals surface area contributed by atoms with Crippen LogP contribution in [0.1, 0.15) is 20.3 Å². The molecule has 0 aromatic carbocycles. The molecule has 2 fully saturated rings. The summed E-state index contributed by atoms with van der Waals surface area (Å²) in [5.74, 6) is -0.367. The van der Waals surface area contributed by atoms with Gasteiger partial charge in [0.05, 0.1) is 18.4 Å². The number of carbonyl (C=O) groups is 2. The molecular weight excluding hydrogens is 158 g/mol. The van der Waals surface area contributed by atoms with E-state index in [-0.39, 0.29) is 23.8 Å². The number of nitrogens with one attached hydrogen (secondary N) is 1. The largest absolute Gasteiger partial charge is 0.459 e. The second kappa shape index (κ2) is 2.00. The van der Waals surface area contributed by atoms with Crippen LogP contribution in [0.5, 0.6) is 0 Å². The van der Waals surface area contributed by atoms with Crippen LogP contribution in [-0.2, 0) is 14.3 Å². The van der Waals surface area contributed by atoms with E-state index < -0.39 is 5.60 Å². The van der Waals surface area contributed by atoms with Gasteiger partial charge in [-0.1, -0.05) is 0 Å². The average molecular weight is 169 g/mol. The predicted octanol–water partition coefficient (Wildman–Crippen LogP) is -0.174. The van der Waals surface area contributed by atoms with Gasteiger partial charge in [-0.2, -0.15) is 0 Å². The van der Waals surface area contributed by atoms with Crippen LogP contribution >= 0.6 is 0 Å². The lowest BCUT2D eigenvalue weighted by molar-refractivity contribution is -0.186. The van der Waals surface area contributed by atoms with Crippen LogP contribution in [0.25, 0.3) is 0 Å². The molecule has 2 aliphatic rings. The Morgan fingerprint density at radius 3 is 2.67 bits per heavy atom. The highest BCUT2D eigenvalue weighted by molar-refractivity contribution is 5.90. The Bertz CT molecular complexity index is 257. The smallest absolute Gasteiger partial charge is 0.308 e. The standard InChI is InChI=1S/C8H11NO3/c1-8(2)6-4(9-7(6)11)3-5(10)12-8/h4,6H,3H2,1-2H3,(H,9,11)/t4-,6+/m0/s1. The van der Waals surface area contributed by atoms with Gasteiger partial charge in [-0.05, 0) is 13.8 Å². The SMILES string of the molecule is CC1(C)OC(=O)C[C@@H]2NC(=O)[C@@H]21. The molecule has 0 unspecified atom stereocenters. The molecular formula is C8H11NO3. The summed E-state index contributed by atoms with van der Waals surface area (Å²) in [6.07, 6.45) is 0.319. The summed E-state index contributed by atoms with van der Waals surface area (Å²) in [5, 5.41) is 2.69. The third kappa shape index (κ3) is 0.838. The Labute approximate surface area is 70.3 Å². The molecule has 2 rings (SSSR count). The molecule has 2 heterocycles. The maximum Gasteiger partial charge on any atom is 0.308 e. The first-order chi connectivity index (χ1) is 5.50. The maximum absolute atomic E-state index is 11.1. The molecule has 4 nitrogen and oxygen atoms in total. The van der Waals surface area contributed by atoms with Crippen molar-refractivity contribution in [1.82, 2.24) is 5.32 Å². The summed E-state index contributed by atoms with van der Waals surface area (Å²) in [7, 11) is 0. The summed E-state index contributed by atoms with van der Waals surface area (Å²) in [6, 6.07) is 0.00810. The highest BCUT2D eigenvalue weighted by Crippen LogP contribution is 2.36. The van der Waals surface area contributed by atoms with Gasteiger partial charge in [-0.25, -0.2) is 0 Å². The topological polar surface area (TPSA) is 55.4 Å². The van der Waals surface area contributed by atoms with Gasteiger partial charge in [-0.3, -0.25) is 9.59 Å². The van der Waals surface area contributed by atoms with Gasteiger partial charge in [-0.15, -0.1) is 0 Å². The molecule has 1 amide bonds. The fraction of sp³-hybridized carbons (Fsp3) is 0.750. The Balaban J connectivity index is 2.23. The van der Waals surface area contributed by atoms with Crippen molar-refractivity contribution >= 4 is 11.9 Å². The fourth-order valence-corrected chi connectivity index (χ4v) is 1.99. The van der Waals surface area contributed by atoms with Crippen molar-refractivity contribution in [3.8, 4) is 0 Å². The Kier molecular flexibility index (Phi) is 1.26. The first-order valence-electron chi connectivity index (χ1n) is 4.03. The Morgan fingerprint density at radius 1 is 1.50 bits per heavy atom. The van der Waals surface area contributed by atoms with E-state index in [9.17, 15) is 9.59 Å². The number of hydrogen-bond acceptors (Lipinski definition) is 3. The fourth-order valence-electron chi connectivity index (χ4n) is 1.99. The van der Waals surface area contributed by atoms with Crippen LogP contribution in [0.2, 0.25) is 0 Å². The van der Waals surface area contributed by atoms with Crippen LogP contribution in [-0.4, -0.2) is 23.5 Å². The number of carbonyl (C=O) groups excluding carboxylic acids is 2. The van der Waals surface area contributed by atoms with Gasteiger partial charge in [0.25, 0.3) is 0 Å². The zero-order chi connectivity index (χ0) is 8.93. The molecule has 2 saturated heterocycles. The van der Waals surface area contributed by atoms with E-state index in [1.165, 1.54) is 0 Å². The van der Waals surface area contributed by atoms with Crippen LogP contribution in [0.4, 0.5) is 0 Å². The molecule has 2 aliphatic heterocycles. The number of hydrogen-bond donors (Lipinski definition) is 1. The lowest BCUT2D eigenvalue weighted by Gasteiger charge is -2.48. The van der Waals surface area contributed by atoms with E-state index in [0.29, 0.717) is 6.42 Å². The zero-order valence-corrected chi connectivity index (χ0v) is 7.09. The van der Waals surface area contributed by atoms with Crippen molar-refractivity contribution in [3.05, 3.63) is 0 Å². The van der Waals surface area contributed by atoms with Gasteiger partial charge < -0.3 is 10.1 Å². The number of rotatable bonds is 0. The minimum Gasteiger partial charge on any atom is -0.459 e. The van der Waals surface area contributed by atoms with Gasteiger partial charge in [0.15, 0.2) is 0 Å². The van der Waals surface area contributed by atoms with Crippen LogP contribution in [0, 0.1) is 5.92 Å². The molecule has 4 heteroatoms. The predicted molar refractivity (Wildman–Crippen MR) is 40.2 cm³/mol. The minimum atomic E-state index is -0.623. The first kappa shape index (κ1) is 7.58. The maximum atomic E-state index is 11.1. The second-order valence-corrected chi connectivity index (χ2v) is 3.87. The van der Waals surface area contributed by atoms with Crippen LogP contribution < -0.4 is 5.32 Å².